The van der Waals surface area contributed by atoms with Gasteiger partial charge < -0.3 is 15.5 Å². The molecule has 1 heterocycles. The second-order valence-corrected chi connectivity index (χ2v) is 4.37. The van der Waals surface area contributed by atoms with E-state index in [0.717, 1.165) is 25.8 Å². The van der Waals surface area contributed by atoms with E-state index in [2.05, 4.69) is 5.32 Å². The molecular formula is C11H20N2O4. The van der Waals surface area contributed by atoms with Crippen LogP contribution in [0.1, 0.15) is 25.7 Å². The van der Waals surface area contributed by atoms with Crippen molar-refractivity contribution in [3.8, 4) is 0 Å². The van der Waals surface area contributed by atoms with Crippen LogP contribution in [0.4, 0.5) is 0 Å². The van der Waals surface area contributed by atoms with Crippen molar-refractivity contribution >= 4 is 11.9 Å². The number of piperidine rings is 1. The van der Waals surface area contributed by atoms with Crippen LogP contribution in [-0.4, -0.2) is 59.3 Å². The number of β-amino-alcohol motifs (C(OH)–C–C–N with tert-alkyl or cyclic N) is 1. The van der Waals surface area contributed by atoms with E-state index in [4.69, 9.17) is 5.11 Å². The maximum absolute atomic E-state index is 11.6. The molecule has 1 amide bonds. The Hall–Kier alpha value is -1.14. The van der Waals surface area contributed by atoms with Crippen molar-refractivity contribution in [2.24, 2.45) is 0 Å². The number of aliphatic hydroxyl groups is 1. The minimum absolute atomic E-state index is 0.0628. The highest BCUT2D eigenvalue weighted by molar-refractivity contribution is 5.81. The van der Waals surface area contributed by atoms with Crippen LogP contribution >= 0.6 is 0 Å². The normalized spacial score (nSPS) is 23.1. The summed E-state index contributed by atoms with van der Waals surface area (Å²) in [4.78, 5) is 24.0. The molecule has 17 heavy (non-hydrogen) atoms. The number of carboxylic acid groups (broad SMARTS) is 1. The number of carbonyl (C=O) groups is 2. The topological polar surface area (TPSA) is 89.9 Å². The molecule has 3 N–H and O–H groups in total. The van der Waals surface area contributed by atoms with E-state index < -0.39 is 12.1 Å². The van der Waals surface area contributed by atoms with Crippen LogP contribution in [-0.2, 0) is 9.59 Å². The van der Waals surface area contributed by atoms with Gasteiger partial charge in [-0.05, 0) is 19.4 Å². The van der Waals surface area contributed by atoms with Gasteiger partial charge in [0.15, 0.2) is 0 Å². The van der Waals surface area contributed by atoms with Gasteiger partial charge in [0.25, 0.3) is 0 Å². The van der Waals surface area contributed by atoms with Gasteiger partial charge in [0.05, 0.1) is 18.6 Å². The number of carbonyl (C=O) groups excluding carboxylic acids is 1. The predicted octanol–water partition coefficient (Wildman–Crippen LogP) is -0.578. The van der Waals surface area contributed by atoms with E-state index in [9.17, 15) is 14.7 Å². The van der Waals surface area contributed by atoms with Gasteiger partial charge in [-0.25, -0.2) is 0 Å². The summed E-state index contributed by atoms with van der Waals surface area (Å²) in [6.45, 7) is 0.971. The van der Waals surface area contributed by atoms with Gasteiger partial charge in [0.1, 0.15) is 0 Å². The summed E-state index contributed by atoms with van der Waals surface area (Å²) in [5, 5.41) is 20.8. The van der Waals surface area contributed by atoms with Gasteiger partial charge in [-0.3, -0.25) is 14.5 Å². The molecule has 0 aromatic carbocycles. The van der Waals surface area contributed by atoms with Crippen LogP contribution in [0.15, 0.2) is 0 Å². The molecule has 2 atom stereocenters. The van der Waals surface area contributed by atoms with E-state index >= 15 is 0 Å². The molecular weight excluding hydrogens is 224 g/mol. The van der Waals surface area contributed by atoms with Crippen molar-refractivity contribution in [1.29, 1.82) is 0 Å². The third kappa shape index (κ3) is 4.32. The summed E-state index contributed by atoms with van der Waals surface area (Å²) in [7, 11) is 1.59. The number of nitrogens with zero attached hydrogens (tertiary/aromatic N) is 1. The van der Waals surface area contributed by atoms with Gasteiger partial charge in [-0.1, -0.05) is 6.42 Å². The molecule has 1 rings (SSSR count). The lowest BCUT2D eigenvalue weighted by Crippen LogP contribution is -2.51. The fraction of sp³-hybridized carbons (Fsp3) is 0.818. The molecule has 0 aliphatic carbocycles. The molecule has 1 saturated heterocycles. The number of nitrogens with one attached hydrogen (secondary N) is 1. The van der Waals surface area contributed by atoms with Crippen molar-refractivity contribution in [3.63, 3.8) is 0 Å². The highest BCUT2D eigenvalue weighted by Gasteiger charge is 2.29. The molecule has 0 aromatic heterocycles. The number of amides is 1. The third-order valence-corrected chi connectivity index (χ3v) is 3.02. The van der Waals surface area contributed by atoms with Crippen molar-refractivity contribution in [3.05, 3.63) is 0 Å². The Morgan fingerprint density at radius 3 is 2.76 bits per heavy atom. The molecule has 0 saturated carbocycles. The maximum Gasteiger partial charge on any atom is 0.306 e. The molecule has 1 aliphatic rings. The van der Waals surface area contributed by atoms with E-state index in [-0.39, 0.29) is 24.9 Å². The highest BCUT2D eigenvalue weighted by atomic mass is 16.4. The number of aliphatic carboxylic acids is 1. The lowest BCUT2D eigenvalue weighted by molar-refractivity contribution is -0.139. The fourth-order valence-corrected chi connectivity index (χ4v) is 2.21. The molecule has 0 radical (unpaired) electrons. The average Bonchev–Trinajstić information content (AvgIpc) is 2.27. The fourth-order valence-electron chi connectivity index (χ4n) is 2.21. The number of likely N-dealkylation sites (N-methyl/N-ethyl adjacent to an activating group) is 1. The van der Waals surface area contributed by atoms with Gasteiger partial charge >= 0.3 is 5.97 Å². The Kier molecular flexibility index (Phi) is 5.37. The lowest BCUT2D eigenvalue weighted by atomic mass is 10.0. The van der Waals surface area contributed by atoms with Crippen LogP contribution < -0.4 is 5.32 Å². The first-order valence-electron chi connectivity index (χ1n) is 5.90. The Labute approximate surface area is 101 Å². The Bertz CT molecular complexity index is 283. The lowest BCUT2D eigenvalue weighted by Gasteiger charge is -2.35. The summed E-state index contributed by atoms with van der Waals surface area (Å²) in [6, 6.07) is -0.239. The standard InChI is InChI=1S/C11H20N2O4/c1-12-11(17)9-4-2-3-5-13(9)7-8(14)6-10(15)16/h8-9,14H,2-7H2,1H3,(H,12,17)(H,15,16). The second kappa shape index (κ2) is 6.56. The smallest absolute Gasteiger partial charge is 0.306 e. The minimum Gasteiger partial charge on any atom is -0.481 e. The van der Waals surface area contributed by atoms with Crippen LogP contribution in [0.25, 0.3) is 0 Å². The van der Waals surface area contributed by atoms with Crippen molar-refractivity contribution < 1.29 is 19.8 Å². The molecule has 1 aliphatic heterocycles. The summed E-state index contributed by atoms with van der Waals surface area (Å²) in [5.41, 5.74) is 0. The number of rotatable bonds is 5. The van der Waals surface area contributed by atoms with Crippen LogP contribution in [0, 0.1) is 0 Å². The average molecular weight is 244 g/mol. The molecule has 0 spiro atoms. The molecule has 2 unspecified atom stereocenters. The molecule has 0 bridgehead atoms. The van der Waals surface area contributed by atoms with Crippen molar-refractivity contribution in [2.75, 3.05) is 20.1 Å². The molecule has 98 valence electrons. The first-order chi connectivity index (χ1) is 8.04. The van der Waals surface area contributed by atoms with Gasteiger partial charge in [0.2, 0.25) is 5.91 Å². The molecule has 1 fully saturated rings. The first kappa shape index (κ1) is 13.9. The molecule has 0 aromatic rings. The Morgan fingerprint density at radius 2 is 2.18 bits per heavy atom. The zero-order valence-electron chi connectivity index (χ0n) is 10.1. The highest BCUT2D eigenvalue weighted by Crippen LogP contribution is 2.17. The first-order valence-corrected chi connectivity index (χ1v) is 5.90. The maximum atomic E-state index is 11.6. The largest absolute Gasteiger partial charge is 0.481 e. The summed E-state index contributed by atoms with van der Waals surface area (Å²) in [6.07, 6.45) is 1.53. The van der Waals surface area contributed by atoms with Crippen LogP contribution in [0.2, 0.25) is 0 Å². The molecule has 6 heteroatoms. The van der Waals surface area contributed by atoms with E-state index in [1.54, 1.807) is 7.05 Å². The van der Waals surface area contributed by atoms with Crippen LogP contribution in [0.3, 0.4) is 0 Å². The van der Waals surface area contributed by atoms with E-state index in [1.165, 1.54) is 0 Å². The number of hydrogen-bond acceptors (Lipinski definition) is 4. The quantitative estimate of drug-likeness (QED) is 0.602. The summed E-state index contributed by atoms with van der Waals surface area (Å²) >= 11 is 0. The monoisotopic (exact) mass is 244 g/mol. The Balaban J connectivity index is 2.53. The minimum atomic E-state index is -1.02. The van der Waals surface area contributed by atoms with Gasteiger partial charge in [-0.2, -0.15) is 0 Å². The van der Waals surface area contributed by atoms with Crippen molar-refractivity contribution in [1.82, 2.24) is 10.2 Å². The summed E-state index contributed by atoms with van der Waals surface area (Å²) < 4.78 is 0. The van der Waals surface area contributed by atoms with E-state index in [0.29, 0.717) is 0 Å². The SMILES string of the molecule is CNC(=O)C1CCCCN1CC(O)CC(=O)O. The zero-order chi connectivity index (χ0) is 12.8. The number of aliphatic hydroxyl groups excluding tert-OH is 1. The van der Waals surface area contributed by atoms with E-state index in [1.807, 2.05) is 4.90 Å². The number of likely N-dealkylation sites (tertiary alicyclic amines) is 1. The number of carboxylic acids is 1. The zero-order valence-corrected chi connectivity index (χ0v) is 10.1. The molecule has 6 nitrogen and oxygen atoms in total. The van der Waals surface area contributed by atoms with Gasteiger partial charge in [0, 0.05) is 13.6 Å². The Morgan fingerprint density at radius 1 is 1.47 bits per heavy atom. The summed E-state index contributed by atoms with van der Waals surface area (Å²) in [5.74, 6) is -1.08. The predicted molar refractivity (Wildman–Crippen MR) is 61.5 cm³/mol. The second-order valence-electron chi connectivity index (χ2n) is 4.37. The van der Waals surface area contributed by atoms with Gasteiger partial charge in [-0.15, -0.1) is 0 Å². The third-order valence-electron chi connectivity index (χ3n) is 3.02. The van der Waals surface area contributed by atoms with Crippen molar-refractivity contribution in [2.45, 2.75) is 37.8 Å². The number of hydrogen-bond donors (Lipinski definition) is 3. The van der Waals surface area contributed by atoms with Crippen LogP contribution in [0.5, 0.6) is 0 Å².